The van der Waals surface area contributed by atoms with E-state index in [9.17, 15) is 9.18 Å². The first kappa shape index (κ1) is 17.8. The number of carbonyl (C=O) groups excluding carboxylic acids is 1. The lowest BCUT2D eigenvalue weighted by Crippen LogP contribution is -2.52. The molecule has 0 spiro atoms. The van der Waals surface area contributed by atoms with Crippen LogP contribution in [0.25, 0.3) is 0 Å². The lowest BCUT2D eigenvalue weighted by molar-refractivity contribution is -0.125. The monoisotopic (exact) mass is 386 g/mol. The summed E-state index contributed by atoms with van der Waals surface area (Å²) in [5.74, 6) is 1.08. The number of ether oxygens (including phenoxy) is 1. The molecule has 2 aliphatic rings. The lowest BCUT2D eigenvalue weighted by atomic mass is 10.0. The molecule has 1 amide bonds. The van der Waals surface area contributed by atoms with Gasteiger partial charge in [0.05, 0.1) is 13.2 Å². The summed E-state index contributed by atoms with van der Waals surface area (Å²) in [5.41, 5.74) is 7.99. The molecule has 2 aromatic carbocycles. The van der Waals surface area contributed by atoms with Crippen molar-refractivity contribution in [3.05, 3.63) is 65.5 Å². The van der Waals surface area contributed by atoms with Crippen molar-refractivity contribution >= 4 is 22.8 Å². The van der Waals surface area contributed by atoms with Crippen molar-refractivity contribution in [1.82, 2.24) is 15.9 Å². The number of amides is 1. The molecule has 1 saturated heterocycles. The van der Waals surface area contributed by atoms with Crippen molar-refractivity contribution in [2.45, 2.75) is 24.3 Å². The molecule has 0 aromatic heterocycles. The summed E-state index contributed by atoms with van der Waals surface area (Å²) in [6.07, 6.45) is 0.593. The third-order valence-corrected chi connectivity index (χ3v) is 5.63. The van der Waals surface area contributed by atoms with E-state index in [-0.39, 0.29) is 23.8 Å². The smallest absolute Gasteiger partial charge is 0.264 e. The van der Waals surface area contributed by atoms with Gasteiger partial charge in [-0.05, 0) is 41.8 Å². The number of hydrazine groups is 1. The second-order valence-electron chi connectivity index (χ2n) is 6.37. The molecule has 2 heterocycles. The molecule has 6 nitrogen and oxygen atoms in total. The van der Waals surface area contributed by atoms with Gasteiger partial charge in [0.25, 0.3) is 5.91 Å². The Kier molecular flexibility index (Phi) is 5.00. The number of fused-ring (bicyclic) bond motifs is 1. The molecule has 0 aliphatic carbocycles. The van der Waals surface area contributed by atoms with Crippen LogP contribution in [0, 0.1) is 5.82 Å². The number of amidine groups is 1. The second kappa shape index (κ2) is 7.58. The number of methoxy groups -OCH3 is 1. The number of nitrogens with zero attached hydrogens (tertiary/aromatic N) is 2. The Morgan fingerprint density at radius 1 is 1.30 bits per heavy atom. The SMILES string of the molecule is COc1cccc(CSC2=NNC(=O)C3CC(c4ccc(F)cc4)NN23)c1. The van der Waals surface area contributed by atoms with Crippen molar-refractivity contribution in [2.75, 3.05) is 7.11 Å². The highest BCUT2D eigenvalue weighted by molar-refractivity contribution is 8.13. The summed E-state index contributed by atoms with van der Waals surface area (Å²) in [4.78, 5) is 12.2. The summed E-state index contributed by atoms with van der Waals surface area (Å²) in [5, 5.41) is 6.72. The van der Waals surface area contributed by atoms with Gasteiger partial charge in [-0.15, -0.1) is 5.10 Å². The zero-order chi connectivity index (χ0) is 18.8. The van der Waals surface area contributed by atoms with Crippen molar-refractivity contribution in [2.24, 2.45) is 5.10 Å². The molecule has 2 unspecified atom stereocenters. The van der Waals surface area contributed by atoms with Crippen LogP contribution in [-0.2, 0) is 10.5 Å². The number of hydrogen-bond donors (Lipinski definition) is 2. The second-order valence-corrected chi connectivity index (χ2v) is 7.31. The van der Waals surface area contributed by atoms with Crippen LogP contribution in [0.3, 0.4) is 0 Å². The van der Waals surface area contributed by atoms with Gasteiger partial charge >= 0.3 is 0 Å². The predicted molar refractivity (Wildman–Crippen MR) is 102 cm³/mol. The van der Waals surface area contributed by atoms with Crippen molar-refractivity contribution < 1.29 is 13.9 Å². The third-order valence-electron chi connectivity index (χ3n) is 4.61. The molecule has 8 heteroatoms. The normalized spacial score (nSPS) is 21.5. The van der Waals surface area contributed by atoms with Crippen LogP contribution < -0.4 is 15.6 Å². The lowest BCUT2D eigenvalue weighted by Gasteiger charge is -2.29. The molecule has 2 N–H and O–H groups in total. The van der Waals surface area contributed by atoms with Gasteiger partial charge in [-0.3, -0.25) is 9.80 Å². The van der Waals surface area contributed by atoms with E-state index >= 15 is 0 Å². The maximum atomic E-state index is 13.2. The van der Waals surface area contributed by atoms with Crippen LogP contribution in [0.1, 0.15) is 23.6 Å². The van der Waals surface area contributed by atoms with Gasteiger partial charge in [0.1, 0.15) is 17.6 Å². The van der Waals surface area contributed by atoms with E-state index in [0.717, 1.165) is 16.9 Å². The highest BCUT2D eigenvalue weighted by atomic mass is 32.2. The maximum Gasteiger partial charge on any atom is 0.264 e. The minimum absolute atomic E-state index is 0.0675. The molecular formula is C19H19FN4O2S. The van der Waals surface area contributed by atoms with Gasteiger partial charge in [-0.2, -0.15) is 0 Å². The van der Waals surface area contributed by atoms with E-state index in [2.05, 4.69) is 16.0 Å². The van der Waals surface area contributed by atoms with Crippen LogP contribution in [-0.4, -0.2) is 29.2 Å². The fourth-order valence-corrected chi connectivity index (χ4v) is 4.11. The highest BCUT2D eigenvalue weighted by Gasteiger charge is 2.41. The number of thioether (sulfide) groups is 1. The average molecular weight is 386 g/mol. The zero-order valence-corrected chi connectivity index (χ0v) is 15.5. The molecule has 4 rings (SSSR count). The summed E-state index contributed by atoms with van der Waals surface area (Å²) in [6, 6.07) is 13.8. The van der Waals surface area contributed by atoms with E-state index in [1.165, 1.54) is 23.9 Å². The summed E-state index contributed by atoms with van der Waals surface area (Å²) in [7, 11) is 1.64. The third kappa shape index (κ3) is 3.77. The van der Waals surface area contributed by atoms with E-state index in [1.54, 1.807) is 19.2 Å². The van der Waals surface area contributed by atoms with Gasteiger partial charge in [0, 0.05) is 5.75 Å². The Balaban J connectivity index is 1.47. The molecule has 0 bridgehead atoms. The van der Waals surface area contributed by atoms with Gasteiger partial charge in [0.15, 0.2) is 5.17 Å². The van der Waals surface area contributed by atoms with Crippen LogP contribution >= 0.6 is 11.8 Å². The predicted octanol–water partition coefficient (Wildman–Crippen LogP) is 2.79. The molecule has 140 valence electrons. The van der Waals surface area contributed by atoms with Crippen molar-refractivity contribution in [1.29, 1.82) is 0 Å². The summed E-state index contributed by atoms with van der Waals surface area (Å²) < 4.78 is 18.4. The number of nitrogens with one attached hydrogen (secondary N) is 2. The van der Waals surface area contributed by atoms with Gasteiger partial charge in [0.2, 0.25) is 0 Å². The van der Waals surface area contributed by atoms with Gasteiger partial charge < -0.3 is 4.74 Å². The first-order chi connectivity index (χ1) is 13.1. The number of hydrazone groups is 1. The number of carbonyl (C=O) groups is 1. The zero-order valence-electron chi connectivity index (χ0n) is 14.7. The van der Waals surface area contributed by atoms with Crippen LogP contribution in [0.5, 0.6) is 5.75 Å². The van der Waals surface area contributed by atoms with Crippen LogP contribution in [0.15, 0.2) is 53.6 Å². The van der Waals surface area contributed by atoms with E-state index in [4.69, 9.17) is 4.74 Å². The maximum absolute atomic E-state index is 13.2. The molecule has 2 aliphatic heterocycles. The molecule has 0 radical (unpaired) electrons. The largest absolute Gasteiger partial charge is 0.497 e. The Labute approximate surface area is 160 Å². The Bertz CT molecular complexity index is 874. The van der Waals surface area contributed by atoms with E-state index in [0.29, 0.717) is 17.3 Å². The standard InChI is InChI=1S/C19H19FN4O2S/c1-26-15-4-2-3-12(9-15)11-27-19-22-21-18(25)17-10-16(23-24(17)19)13-5-7-14(20)8-6-13/h2-9,16-17,23H,10-11H2,1H3,(H,21,25). The Morgan fingerprint density at radius 3 is 2.89 bits per heavy atom. The number of halogens is 1. The first-order valence-electron chi connectivity index (χ1n) is 8.58. The minimum atomic E-state index is -0.342. The molecule has 2 aromatic rings. The number of rotatable bonds is 4. The van der Waals surface area contributed by atoms with Gasteiger partial charge in [-0.25, -0.2) is 15.2 Å². The van der Waals surface area contributed by atoms with E-state index < -0.39 is 0 Å². The molecule has 27 heavy (non-hydrogen) atoms. The first-order valence-corrected chi connectivity index (χ1v) is 9.57. The fraction of sp³-hybridized carbons (Fsp3) is 0.263. The van der Waals surface area contributed by atoms with Crippen LogP contribution in [0.2, 0.25) is 0 Å². The minimum Gasteiger partial charge on any atom is -0.497 e. The van der Waals surface area contributed by atoms with E-state index in [1.807, 2.05) is 29.3 Å². The van der Waals surface area contributed by atoms with Crippen molar-refractivity contribution in [3.63, 3.8) is 0 Å². The topological polar surface area (TPSA) is 66.0 Å². The number of benzene rings is 2. The molecule has 2 atom stereocenters. The molecule has 1 fully saturated rings. The van der Waals surface area contributed by atoms with Gasteiger partial charge in [-0.1, -0.05) is 36.0 Å². The summed E-state index contributed by atoms with van der Waals surface area (Å²) >= 11 is 1.53. The number of hydrogen-bond acceptors (Lipinski definition) is 6. The summed E-state index contributed by atoms with van der Waals surface area (Å²) in [6.45, 7) is 0. The Morgan fingerprint density at radius 2 is 2.11 bits per heavy atom. The molecular weight excluding hydrogens is 367 g/mol. The van der Waals surface area contributed by atoms with Crippen LogP contribution in [0.4, 0.5) is 4.39 Å². The fourth-order valence-electron chi connectivity index (χ4n) is 3.20. The van der Waals surface area contributed by atoms with Crippen molar-refractivity contribution in [3.8, 4) is 5.75 Å². The Hall–Kier alpha value is -2.58. The highest BCUT2D eigenvalue weighted by Crippen LogP contribution is 2.32. The molecule has 0 saturated carbocycles. The average Bonchev–Trinajstić information content (AvgIpc) is 3.15. The quantitative estimate of drug-likeness (QED) is 0.846.